The lowest BCUT2D eigenvalue weighted by Gasteiger charge is -2.22. The van der Waals surface area contributed by atoms with Crippen molar-refractivity contribution in [3.8, 4) is 5.75 Å². The highest BCUT2D eigenvalue weighted by Crippen LogP contribution is 2.30. The Kier molecular flexibility index (Phi) is 4.63. The highest BCUT2D eigenvalue weighted by Gasteiger charge is 2.22. The molecule has 4 rings (SSSR count). The molecule has 1 saturated heterocycles. The van der Waals surface area contributed by atoms with Crippen molar-refractivity contribution in [1.29, 1.82) is 0 Å². The smallest absolute Gasteiger partial charge is 0.258 e. The van der Waals surface area contributed by atoms with Crippen molar-refractivity contribution in [2.75, 3.05) is 25.1 Å². The number of halogens is 1. The number of nitrogens with one attached hydrogen (secondary N) is 1. The Labute approximate surface area is 151 Å². The second-order valence-corrected chi connectivity index (χ2v) is 6.74. The van der Waals surface area contributed by atoms with E-state index in [1.54, 1.807) is 19.3 Å². The summed E-state index contributed by atoms with van der Waals surface area (Å²) in [6, 6.07) is 3.08. The molecule has 0 bridgehead atoms. The normalized spacial score (nSPS) is 17.0. The molecular weight excluding hydrogens is 337 g/mol. The minimum absolute atomic E-state index is 0.0588. The topological polar surface area (TPSA) is 65.4 Å². The summed E-state index contributed by atoms with van der Waals surface area (Å²) in [4.78, 5) is 17.1. The number of ether oxygens (including phenoxy) is 2. The Balaban J connectivity index is 1.55. The first-order valence-electron chi connectivity index (χ1n) is 8.95. The predicted molar refractivity (Wildman–Crippen MR) is 95.2 cm³/mol. The summed E-state index contributed by atoms with van der Waals surface area (Å²) >= 11 is 0. The molecule has 2 aromatic rings. The van der Waals surface area contributed by atoms with Crippen LogP contribution in [0.4, 0.5) is 10.3 Å². The zero-order valence-corrected chi connectivity index (χ0v) is 14.8. The van der Waals surface area contributed by atoms with E-state index in [0.717, 1.165) is 29.7 Å². The molecule has 6 nitrogen and oxygen atoms in total. The Morgan fingerprint density at radius 3 is 2.92 bits per heavy atom. The van der Waals surface area contributed by atoms with E-state index in [0.29, 0.717) is 37.8 Å². The molecular formula is C19H22FN3O3. The van der Waals surface area contributed by atoms with Crippen LogP contribution in [-0.4, -0.2) is 29.4 Å². The van der Waals surface area contributed by atoms with Crippen molar-refractivity contribution in [3.63, 3.8) is 0 Å². The largest absolute Gasteiger partial charge is 0.493 e. The molecule has 138 valence electrons. The lowest BCUT2D eigenvalue weighted by atomic mass is 9.94. The van der Waals surface area contributed by atoms with Gasteiger partial charge in [-0.3, -0.25) is 9.36 Å². The Morgan fingerprint density at radius 1 is 1.31 bits per heavy atom. The standard InChI is InChI=1S/C19H22FN3O3/c1-23-18(24)14(12-4-7-25-8-5-12)10-21-19(23)22-11-15-13-6-9-26-17(13)3-2-16(15)20/h2-3,10,12H,4-9,11H2,1H3,(H,21,22). The summed E-state index contributed by atoms with van der Waals surface area (Å²) in [6.07, 6.45) is 4.02. The fourth-order valence-electron chi connectivity index (χ4n) is 3.69. The maximum atomic E-state index is 14.2. The molecule has 0 radical (unpaired) electrons. The summed E-state index contributed by atoms with van der Waals surface area (Å²) in [5.74, 6) is 1.09. The monoisotopic (exact) mass is 359 g/mol. The third-order valence-corrected chi connectivity index (χ3v) is 5.22. The number of rotatable bonds is 4. The highest BCUT2D eigenvalue weighted by atomic mass is 19.1. The fourth-order valence-corrected chi connectivity index (χ4v) is 3.69. The van der Waals surface area contributed by atoms with Crippen LogP contribution in [0.1, 0.15) is 35.4 Å². The molecule has 0 unspecified atom stereocenters. The number of anilines is 1. The van der Waals surface area contributed by atoms with E-state index in [2.05, 4.69) is 10.3 Å². The first-order chi connectivity index (χ1) is 12.6. The van der Waals surface area contributed by atoms with Crippen LogP contribution in [-0.2, 0) is 24.8 Å². The molecule has 0 aliphatic carbocycles. The molecule has 7 heteroatoms. The zero-order chi connectivity index (χ0) is 18.1. The van der Waals surface area contributed by atoms with Gasteiger partial charge in [-0.05, 0) is 30.9 Å². The number of benzene rings is 1. The second kappa shape index (κ2) is 7.07. The van der Waals surface area contributed by atoms with Crippen LogP contribution >= 0.6 is 0 Å². The zero-order valence-electron chi connectivity index (χ0n) is 14.8. The van der Waals surface area contributed by atoms with Crippen molar-refractivity contribution < 1.29 is 13.9 Å². The first kappa shape index (κ1) is 17.0. The van der Waals surface area contributed by atoms with Crippen molar-refractivity contribution in [2.24, 2.45) is 7.05 Å². The van der Waals surface area contributed by atoms with E-state index in [1.165, 1.54) is 10.6 Å². The van der Waals surface area contributed by atoms with Gasteiger partial charge in [0.15, 0.2) is 0 Å². The first-order valence-corrected chi connectivity index (χ1v) is 8.95. The quantitative estimate of drug-likeness (QED) is 0.908. The summed E-state index contributed by atoms with van der Waals surface area (Å²) < 4.78 is 26.6. The number of fused-ring (bicyclic) bond motifs is 1. The predicted octanol–water partition coefficient (Wildman–Crippen LogP) is 2.36. The average Bonchev–Trinajstić information content (AvgIpc) is 3.14. The van der Waals surface area contributed by atoms with Crippen LogP contribution in [0.25, 0.3) is 0 Å². The lowest BCUT2D eigenvalue weighted by Crippen LogP contribution is -2.29. The molecule has 0 amide bonds. The van der Waals surface area contributed by atoms with E-state index in [4.69, 9.17) is 9.47 Å². The maximum Gasteiger partial charge on any atom is 0.258 e. The van der Waals surface area contributed by atoms with E-state index >= 15 is 0 Å². The molecule has 0 saturated carbocycles. The van der Waals surface area contributed by atoms with Crippen LogP contribution in [0.5, 0.6) is 5.75 Å². The van der Waals surface area contributed by atoms with Crippen molar-refractivity contribution in [3.05, 3.63) is 51.2 Å². The van der Waals surface area contributed by atoms with Gasteiger partial charge < -0.3 is 14.8 Å². The minimum atomic E-state index is -0.273. The molecule has 2 aliphatic rings. The molecule has 1 fully saturated rings. The van der Waals surface area contributed by atoms with Gasteiger partial charge in [0.25, 0.3) is 5.56 Å². The molecule has 1 aromatic carbocycles. The lowest BCUT2D eigenvalue weighted by molar-refractivity contribution is 0.0849. The van der Waals surface area contributed by atoms with Crippen LogP contribution in [0.15, 0.2) is 23.1 Å². The van der Waals surface area contributed by atoms with Gasteiger partial charge in [-0.1, -0.05) is 0 Å². The Bertz CT molecular complexity index is 875. The molecule has 26 heavy (non-hydrogen) atoms. The average molecular weight is 359 g/mol. The summed E-state index contributed by atoms with van der Waals surface area (Å²) in [7, 11) is 1.69. The number of aromatic nitrogens is 2. The second-order valence-electron chi connectivity index (χ2n) is 6.74. The van der Waals surface area contributed by atoms with Gasteiger partial charge in [-0.15, -0.1) is 0 Å². The van der Waals surface area contributed by atoms with Gasteiger partial charge in [0, 0.05) is 56.1 Å². The van der Waals surface area contributed by atoms with E-state index in [9.17, 15) is 9.18 Å². The molecule has 0 atom stereocenters. The number of hydrogen-bond donors (Lipinski definition) is 1. The molecule has 3 heterocycles. The van der Waals surface area contributed by atoms with Crippen LogP contribution in [0.3, 0.4) is 0 Å². The maximum absolute atomic E-state index is 14.2. The molecule has 2 aliphatic heterocycles. The highest BCUT2D eigenvalue weighted by molar-refractivity contribution is 5.45. The van der Waals surface area contributed by atoms with Crippen LogP contribution < -0.4 is 15.6 Å². The van der Waals surface area contributed by atoms with Gasteiger partial charge in [-0.2, -0.15) is 0 Å². The SMILES string of the molecule is Cn1c(NCc2c(F)ccc3c2CCO3)ncc(C2CCOCC2)c1=O. The summed E-state index contributed by atoms with van der Waals surface area (Å²) in [5, 5.41) is 3.10. The van der Waals surface area contributed by atoms with E-state index < -0.39 is 0 Å². The van der Waals surface area contributed by atoms with Crippen molar-refractivity contribution in [2.45, 2.75) is 31.7 Å². The minimum Gasteiger partial charge on any atom is -0.493 e. The summed E-state index contributed by atoms with van der Waals surface area (Å²) in [5.41, 5.74) is 2.13. The summed E-state index contributed by atoms with van der Waals surface area (Å²) in [6.45, 7) is 2.18. The van der Waals surface area contributed by atoms with Gasteiger partial charge in [0.2, 0.25) is 5.95 Å². The van der Waals surface area contributed by atoms with Crippen molar-refractivity contribution in [1.82, 2.24) is 9.55 Å². The van der Waals surface area contributed by atoms with Gasteiger partial charge >= 0.3 is 0 Å². The Morgan fingerprint density at radius 2 is 2.12 bits per heavy atom. The molecule has 0 spiro atoms. The van der Waals surface area contributed by atoms with E-state index in [1.807, 2.05) is 0 Å². The third kappa shape index (κ3) is 3.07. The van der Waals surface area contributed by atoms with Crippen LogP contribution in [0, 0.1) is 5.82 Å². The van der Waals surface area contributed by atoms with Gasteiger partial charge in [0.05, 0.1) is 6.61 Å². The van der Waals surface area contributed by atoms with Crippen molar-refractivity contribution >= 4 is 5.95 Å². The fraction of sp³-hybridized carbons (Fsp3) is 0.474. The molecule has 1 N–H and O–H groups in total. The third-order valence-electron chi connectivity index (χ3n) is 5.22. The number of nitrogens with zero attached hydrogens (tertiary/aromatic N) is 2. The van der Waals surface area contributed by atoms with Crippen LogP contribution in [0.2, 0.25) is 0 Å². The van der Waals surface area contributed by atoms with E-state index in [-0.39, 0.29) is 23.8 Å². The number of hydrogen-bond acceptors (Lipinski definition) is 5. The van der Waals surface area contributed by atoms with Gasteiger partial charge in [0.1, 0.15) is 11.6 Å². The van der Waals surface area contributed by atoms with Gasteiger partial charge in [-0.25, -0.2) is 9.37 Å². The Hall–Kier alpha value is -2.41. The molecule has 1 aromatic heterocycles.